The number of carbonyl (C=O) groups is 1. The fraction of sp³-hybridized carbons (Fsp3) is 0.632. The summed E-state index contributed by atoms with van der Waals surface area (Å²) in [5.74, 6) is 2.33. The predicted molar refractivity (Wildman–Crippen MR) is 95.0 cm³/mol. The number of hydrogen-bond acceptors (Lipinski definition) is 2. The van der Waals surface area contributed by atoms with Gasteiger partial charge < -0.3 is 10.4 Å². The van der Waals surface area contributed by atoms with Crippen molar-refractivity contribution in [1.82, 2.24) is 5.32 Å². The fourth-order valence-electron chi connectivity index (χ4n) is 5.65. The summed E-state index contributed by atoms with van der Waals surface area (Å²) >= 11 is 12.0. The maximum Gasteiger partial charge on any atom is 0.226 e. The van der Waals surface area contributed by atoms with Crippen LogP contribution in [0.1, 0.15) is 50.2 Å². The summed E-state index contributed by atoms with van der Waals surface area (Å²) < 4.78 is 0. The van der Waals surface area contributed by atoms with Crippen molar-refractivity contribution in [3.05, 3.63) is 33.8 Å². The Kier molecular flexibility index (Phi) is 4.30. The van der Waals surface area contributed by atoms with Gasteiger partial charge in [-0.2, -0.15) is 0 Å². The molecule has 4 saturated carbocycles. The number of aliphatic hydroxyl groups excluding tert-OH is 1. The molecule has 1 atom stereocenters. The molecular formula is C19H23Cl2NO2. The lowest BCUT2D eigenvalue weighted by Crippen LogP contribution is -2.54. The molecule has 2 N–H and O–H groups in total. The number of carbonyl (C=O) groups excluding carboxylic acids is 1. The van der Waals surface area contributed by atoms with Gasteiger partial charge in [0.05, 0.1) is 6.10 Å². The van der Waals surface area contributed by atoms with E-state index in [0.29, 0.717) is 15.6 Å². The first-order valence-corrected chi connectivity index (χ1v) is 9.62. The molecule has 130 valence electrons. The van der Waals surface area contributed by atoms with Crippen LogP contribution in [0.25, 0.3) is 0 Å². The number of benzene rings is 1. The standard InChI is InChI=1S/C19H23Cl2NO2/c20-14-1-2-15(16(21)6-14)17(23)10-22-18(24)19-7-11-3-12(8-19)5-13(4-11)9-19/h1-2,6,11-13,17,23H,3-5,7-10H2,(H,22,24). The highest BCUT2D eigenvalue weighted by atomic mass is 35.5. The lowest BCUT2D eigenvalue weighted by atomic mass is 9.49. The zero-order chi connectivity index (χ0) is 16.9. The predicted octanol–water partition coefficient (Wildman–Crippen LogP) is 4.36. The molecule has 0 aromatic heterocycles. The number of hydrogen-bond donors (Lipinski definition) is 2. The van der Waals surface area contributed by atoms with E-state index < -0.39 is 6.10 Å². The fourth-order valence-corrected chi connectivity index (χ4v) is 6.18. The van der Waals surface area contributed by atoms with Crippen LogP contribution in [-0.4, -0.2) is 17.6 Å². The minimum atomic E-state index is -0.812. The van der Waals surface area contributed by atoms with Crippen molar-refractivity contribution in [3.63, 3.8) is 0 Å². The number of halogens is 2. The van der Waals surface area contributed by atoms with Gasteiger partial charge in [0, 0.05) is 27.6 Å². The molecule has 1 amide bonds. The Hall–Kier alpha value is -0.770. The highest BCUT2D eigenvalue weighted by Gasteiger charge is 2.54. The molecule has 0 saturated heterocycles. The molecule has 0 aliphatic heterocycles. The van der Waals surface area contributed by atoms with E-state index in [2.05, 4.69) is 5.32 Å². The van der Waals surface area contributed by atoms with E-state index in [-0.39, 0.29) is 17.9 Å². The molecule has 5 heteroatoms. The summed E-state index contributed by atoms with van der Waals surface area (Å²) in [7, 11) is 0. The van der Waals surface area contributed by atoms with Crippen molar-refractivity contribution in [2.24, 2.45) is 23.2 Å². The monoisotopic (exact) mass is 367 g/mol. The van der Waals surface area contributed by atoms with Crippen LogP contribution in [0.2, 0.25) is 10.0 Å². The molecule has 24 heavy (non-hydrogen) atoms. The molecule has 1 unspecified atom stereocenters. The zero-order valence-electron chi connectivity index (χ0n) is 13.6. The van der Waals surface area contributed by atoms with E-state index in [1.165, 1.54) is 19.3 Å². The smallest absolute Gasteiger partial charge is 0.226 e. The van der Waals surface area contributed by atoms with E-state index in [9.17, 15) is 9.90 Å². The number of aliphatic hydroxyl groups is 1. The molecule has 0 heterocycles. The largest absolute Gasteiger partial charge is 0.387 e. The van der Waals surface area contributed by atoms with Crippen molar-refractivity contribution < 1.29 is 9.90 Å². The average Bonchev–Trinajstić information content (AvgIpc) is 2.51. The van der Waals surface area contributed by atoms with Gasteiger partial charge in [-0.05, 0) is 68.4 Å². The molecular weight excluding hydrogens is 345 g/mol. The van der Waals surface area contributed by atoms with Gasteiger partial charge in [0.1, 0.15) is 0 Å². The molecule has 4 aliphatic rings. The van der Waals surface area contributed by atoms with Crippen molar-refractivity contribution in [2.45, 2.75) is 44.6 Å². The molecule has 4 bridgehead atoms. The maximum atomic E-state index is 12.9. The minimum absolute atomic E-state index is 0.130. The Morgan fingerprint density at radius 2 is 1.75 bits per heavy atom. The Morgan fingerprint density at radius 3 is 2.29 bits per heavy atom. The Morgan fingerprint density at radius 1 is 1.17 bits per heavy atom. The van der Waals surface area contributed by atoms with E-state index in [4.69, 9.17) is 23.2 Å². The Bertz CT molecular complexity index is 625. The van der Waals surface area contributed by atoms with Crippen LogP contribution in [0.4, 0.5) is 0 Å². The summed E-state index contributed by atoms with van der Waals surface area (Å²) in [6.45, 7) is 0.196. The quantitative estimate of drug-likeness (QED) is 0.830. The van der Waals surface area contributed by atoms with Crippen LogP contribution in [0.3, 0.4) is 0 Å². The van der Waals surface area contributed by atoms with Gasteiger partial charge in [0.2, 0.25) is 5.91 Å². The summed E-state index contributed by atoms with van der Waals surface area (Å²) in [4.78, 5) is 12.9. The van der Waals surface area contributed by atoms with Gasteiger partial charge in [-0.3, -0.25) is 4.79 Å². The first kappa shape index (κ1) is 16.7. The average molecular weight is 368 g/mol. The summed E-state index contributed by atoms with van der Waals surface area (Å²) in [6.07, 6.45) is 6.22. The lowest BCUT2D eigenvalue weighted by Gasteiger charge is -2.55. The third-order valence-electron chi connectivity index (χ3n) is 6.30. The molecule has 0 spiro atoms. The highest BCUT2D eigenvalue weighted by Crippen LogP contribution is 2.60. The second-order valence-electron chi connectivity index (χ2n) is 8.09. The second-order valence-corrected chi connectivity index (χ2v) is 8.93. The summed E-state index contributed by atoms with van der Waals surface area (Å²) in [5, 5.41) is 14.3. The molecule has 3 nitrogen and oxygen atoms in total. The highest BCUT2D eigenvalue weighted by molar-refractivity contribution is 6.35. The summed E-state index contributed by atoms with van der Waals surface area (Å²) in [6, 6.07) is 5.03. The van der Waals surface area contributed by atoms with E-state index in [1.54, 1.807) is 18.2 Å². The Labute approximate surface area is 152 Å². The van der Waals surface area contributed by atoms with Gasteiger partial charge in [0.25, 0.3) is 0 Å². The van der Waals surface area contributed by atoms with Gasteiger partial charge in [-0.25, -0.2) is 0 Å². The number of nitrogens with one attached hydrogen (secondary N) is 1. The second kappa shape index (κ2) is 6.19. The van der Waals surface area contributed by atoms with Crippen molar-refractivity contribution in [2.75, 3.05) is 6.54 Å². The van der Waals surface area contributed by atoms with Crippen LogP contribution in [0, 0.1) is 23.2 Å². The first-order valence-electron chi connectivity index (χ1n) is 8.86. The minimum Gasteiger partial charge on any atom is -0.387 e. The third kappa shape index (κ3) is 2.95. The van der Waals surface area contributed by atoms with Crippen LogP contribution in [0.5, 0.6) is 0 Å². The molecule has 1 aromatic carbocycles. The normalized spacial score (nSPS) is 35.0. The molecule has 1 aromatic rings. The molecule has 0 radical (unpaired) electrons. The van der Waals surface area contributed by atoms with Crippen LogP contribution in [-0.2, 0) is 4.79 Å². The van der Waals surface area contributed by atoms with Crippen molar-refractivity contribution >= 4 is 29.1 Å². The zero-order valence-corrected chi connectivity index (χ0v) is 15.1. The van der Waals surface area contributed by atoms with E-state index in [0.717, 1.165) is 37.0 Å². The number of rotatable bonds is 4. The molecule has 5 rings (SSSR count). The van der Waals surface area contributed by atoms with Gasteiger partial charge >= 0.3 is 0 Å². The maximum absolute atomic E-state index is 12.9. The number of amides is 1. The van der Waals surface area contributed by atoms with Crippen LogP contribution in [0.15, 0.2) is 18.2 Å². The molecule has 4 aliphatic carbocycles. The van der Waals surface area contributed by atoms with Crippen LogP contribution >= 0.6 is 23.2 Å². The van der Waals surface area contributed by atoms with Crippen molar-refractivity contribution in [1.29, 1.82) is 0 Å². The van der Waals surface area contributed by atoms with Crippen LogP contribution < -0.4 is 5.32 Å². The molecule has 4 fully saturated rings. The topological polar surface area (TPSA) is 49.3 Å². The van der Waals surface area contributed by atoms with Gasteiger partial charge in [-0.1, -0.05) is 29.3 Å². The summed E-state index contributed by atoms with van der Waals surface area (Å²) in [5.41, 5.74) is 0.421. The third-order valence-corrected chi connectivity index (χ3v) is 6.86. The van der Waals surface area contributed by atoms with E-state index >= 15 is 0 Å². The first-order chi connectivity index (χ1) is 11.4. The van der Waals surface area contributed by atoms with E-state index in [1.807, 2.05) is 0 Å². The van der Waals surface area contributed by atoms with Crippen molar-refractivity contribution in [3.8, 4) is 0 Å². The lowest BCUT2D eigenvalue weighted by molar-refractivity contribution is -0.146. The van der Waals surface area contributed by atoms with Gasteiger partial charge in [0.15, 0.2) is 0 Å². The Balaban J connectivity index is 1.41. The SMILES string of the molecule is O=C(NCC(O)c1ccc(Cl)cc1Cl)C12CC3CC(CC(C3)C1)C2. The van der Waals surface area contributed by atoms with Gasteiger partial charge in [-0.15, -0.1) is 0 Å².